The third-order valence-corrected chi connectivity index (χ3v) is 4.87. The molecule has 4 nitrogen and oxygen atoms in total. The molecule has 132 valence electrons. The van der Waals surface area contributed by atoms with Crippen LogP contribution in [0.5, 0.6) is 17.2 Å². The van der Waals surface area contributed by atoms with Gasteiger partial charge in [0, 0.05) is 19.2 Å². The molecule has 1 fully saturated rings. The van der Waals surface area contributed by atoms with Crippen LogP contribution >= 0.6 is 0 Å². The molecule has 1 aliphatic heterocycles. The third-order valence-electron chi connectivity index (χ3n) is 4.87. The number of fused-ring (bicyclic) bond motifs is 1. The summed E-state index contributed by atoms with van der Waals surface area (Å²) in [5.74, 6) is 3.16. The minimum atomic E-state index is 0.276. The summed E-state index contributed by atoms with van der Waals surface area (Å²) in [6.07, 6.45) is 3.87. The predicted octanol–water partition coefficient (Wildman–Crippen LogP) is 4.09. The SMILES string of the molecule is CN(CCC(Oc1ccc2c(c1)OCO2)C1CC1)Cc1ccccc1. The lowest BCUT2D eigenvalue weighted by Gasteiger charge is -2.23. The van der Waals surface area contributed by atoms with Crippen molar-refractivity contribution in [2.45, 2.75) is 31.9 Å². The van der Waals surface area contributed by atoms with Gasteiger partial charge in [-0.05, 0) is 49.9 Å². The van der Waals surface area contributed by atoms with Gasteiger partial charge >= 0.3 is 0 Å². The molecule has 0 amide bonds. The van der Waals surface area contributed by atoms with E-state index in [1.165, 1.54) is 18.4 Å². The van der Waals surface area contributed by atoms with Crippen LogP contribution < -0.4 is 14.2 Å². The van der Waals surface area contributed by atoms with Crippen molar-refractivity contribution < 1.29 is 14.2 Å². The van der Waals surface area contributed by atoms with Gasteiger partial charge in [0.25, 0.3) is 0 Å². The Bertz CT molecular complexity index is 700. The van der Waals surface area contributed by atoms with E-state index in [4.69, 9.17) is 14.2 Å². The first-order valence-electron chi connectivity index (χ1n) is 9.07. The van der Waals surface area contributed by atoms with E-state index in [9.17, 15) is 0 Å². The standard InChI is InChI=1S/C21H25NO3/c1-22(14-16-5-3-2-4-6-16)12-11-19(17-7-8-17)25-18-9-10-20-21(13-18)24-15-23-20/h2-6,9-10,13,17,19H,7-8,11-12,14-15H2,1H3. The minimum Gasteiger partial charge on any atom is -0.490 e. The fourth-order valence-electron chi connectivity index (χ4n) is 3.31. The van der Waals surface area contributed by atoms with Crippen LogP contribution in [-0.4, -0.2) is 31.4 Å². The Morgan fingerprint density at radius 2 is 1.88 bits per heavy atom. The third kappa shape index (κ3) is 4.26. The van der Waals surface area contributed by atoms with Crippen molar-refractivity contribution in [2.75, 3.05) is 20.4 Å². The molecule has 1 atom stereocenters. The van der Waals surface area contributed by atoms with E-state index in [2.05, 4.69) is 42.3 Å². The Hall–Kier alpha value is -2.20. The van der Waals surface area contributed by atoms with Crippen LogP contribution in [0.3, 0.4) is 0 Å². The maximum Gasteiger partial charge on any atom is 0.231 e. The Balaban J connectivity index is 1.32. The number of hydrogen-bond acceptors (Lipinski definition) is 4. The van der Waals surface area contributed by atoms with Gasteiger partial charge in [-0.15, -0.1) is 0 Å². The molecule has 1 unspecified atom stereocenters. The van der Waals surface area contributed by atoms with E-state index < -0.39 is 0 Å². The quantitative estimate of drug-likeness (QED) is 0.725. The zero-order valence-electron chi connectivity index (χ0n) is 14.7. The Morgan fingerprint density at radius 1 is 1.08 bits per heavy atom. The molecule has 4 heteroatoms. The highest BCUT2D eigenvalue weighted by atomic mass is 16.7. The highest BCUT2D eigenvalue weighted by Gasteiger charge is 2.33. The molecule has 2 aliphatic rings. The molecular weight excluding hydrogens is 314 g/mol. The van der Waals surface area contributed by atoms with E-state index in [1.54, 1.807) is 0 Å². The normalized spacial score (nSPS) is 16.9. The van der Waals surface area contributed by atoms with Gasteiger partial charge in [-0.2, -0.15) is 0 Å². The molecule has 2 aromatic carbocycles. The summed E-state index contributed by atoms with van der Waals surface area (Å²) < 4.78 is 17.1. The maximum absolute atomic E-state index is 6.30. The van der Waals surface area contributed by atoms with Gasteiger partial charge < -0.3 is 19.1 Å². The fourth-order valence-corrected chi connectivity index (χ4v) is 3.31. The van der Waals surface area contributed by atoms with Crippen molar-refractivity contribution in [3.05, 3.63) is 54.1 Å². The Morgan fingerprint density at radius 3 is 2.68 bits per heavy atom. The van der Waals surface area contributed by atoms with Crippen molar-refractivity contribution in [1.29, 1.82) is 0 Å². The number of hydrogen-bond donors (Lipinski definition) is 0. The average molecular weight is 339 g/mol. The molecule has 0 aromatic heterocycles. The van der Waals surface area contributed by atoms with Gasteiger partial charge in [-0.1, -0.05) is 30.3 Å². The maximum atomic E-state index is 6.30. The molecule has 2 aromatic rings. The van der Waals surface area contributed by atoms with Gasteiger partial charge in [0.05, 0.1) is 0 Å². The Kier molecular flexibility index (Phi) is 4.79. The smallest absolute Gasteiger partial charge is 0.231 e. The first kappa shape index (κ1) is 16.3. The monoisotopic (exact) mass is 339 g/mol. The van der Waals surface area contributed by atoms with Crippen LogP contribution in [0.25, 0.3) is 0 Å². The number of rotatable bonds is 8. The second-order valence-electron chi connectivity index (χ2n) is 7.02. The summed E-state index contributed by atoms with van der Waals surface area (Å²) >= 11 is 0. The summed E-state index contributed by atoms with van der Waals surface area (Å²) in [6, 6.07) is 16.5. The molecule has 1 heterocycles. The van der Waals surface area contributed by atoms with Crippen LogP contribution in [0, 0.1) is 5.92 Å². The van der Waals surface area contributed by atoms with Crippen LogP contribution in [0.15, 0.2) is 48.5 Å². The van der Waals surface area contributed by atoms with E-state index in [0.29, 0.717) is 12.7 Å². The molecule has 1 saturated carbocycles. The van der Waals surface area contributed by atoms with E-state index in [1.807, 2.05) is 18.2 Å². The van der Waals surface area contributed by atoms with Gasteiger partial charge in [0.1, 0.15) is 11.9 Å². The zero-order valence-corrected chi connectivity index (χ0v) is 14.7. The summed E-state index contributed by atoms with van der Waals surface area (Å²) in [5.41, 5.74) is 1.35. The van der Waals surface area contributed by atoms with Crippen LogP contribution in [-0.2, 0) is 6.54 Å². The van der Waals surface area contributed by atoms with E-state index in [0.717, 1.165) is 36.8 Å². The van der Waals surface area contributed by atoms with Gasteiger partial charge in [0.2, 0.25) is 6.79 Å². The average Bonchev–Trinajstić information content (AvgIpc) is 3.37. The first-order chi connectivity index (χ1) is 12.3. The number of nitrogens with zero attached hydrogens (tertiary/aromatic N) is 1. The van der Waals surface area contributed by atoms with Crippen molar-refractivity contribution in [3.8, 4) is 17.2 Å². The van der Waals surface area contributed by atoms with Crippen LogP contribution in [0.1, 0.15) is 24.8 Å². The summed E-state index contributed by atoms with van der Waals surface area (Å²) in [6.45, 7) is 2.30. The second-order valence-corrected chi connectivity index (χ2v) is 7.02. The minimum absolute atomic E-state index is 0.276. The Labute approximate surface area is 149 Å². The highest BCUT2D eigenvalue weighted by molar-refractivity contribution is 5.46. The van der Waals surface area contributed by atoms with Crippen molar-refractivity contribution in [2.24, 2.45) is 5.92 Å². The molecule has 0 spiro atoms. The van der Waals surface area contributed by atoms with Gasteiger partial charge in [-0.25, -0.2) is 0 Å². The zero-order chi connectivity index (χ0) is 17.1. The van der Waals surface area contributed by atoms with Crippen LogP contribution in [0.4, 0.5) is 0 Å². The molecule has 0 saturated heterocycles. The van der Waals surface area contributed by atoms with E-state index >= 15 is 0 Å². The van der Waals surface area contributed by atoms with Gasteiger partial charge in [0.15, 0.2) is 11.5 Å². The molecule has 0 radical (unpaired) electrons. The fraction of sp³-hybridized carbons (Fsp3) is 0.429. The second kappa shape index (κ2) is 7.36. The first-order valence-corrected chi connectivity index (χ1v) is 9.07. The molecule has 4 rings (SSSR count). The lowest BCUT2D eigenvalue weighted by molar-refractivity contribution is 0.148. The molecule has 0 N–H and O–H groups in total. The predicted molar refractivity (Wildman–Crippen MR) is 97.1 cm³/mol. The topological polar surface area (TPSA) is 30.9 Å². The summed E-state index contributed by atoms with van der Waals surface area (Å²) in [4.78, 5) is 2.37. The number of benzene rings is 2. The molecular formula is C21H25NO3. The van der Waals surface area contributed by atoms with Crippen LogP contribution in [0.2, 0.25) is 0 Å². The van der Waals surface area contributed by atoms with Crippen molar-refractivity contribution in [3.63, 3.8) is 0 Å². The molecule has 1 aliphatic carbocycles. The molecule has 25 heavy (non-hydrogen) atoms. The van der Waals surface area contributed by atoms with Gasteiger partial charge in [-0.3, -0.25) is 0 Å². The van der Waals surface area contributed by atoms with E-state index in [-0.39, 0.29) is 6.10 Å². The number of ether oxygens (including phenoxy) is 3. The largest absolute Gasteiger partial charge is 0.490 e. The summed E-state index contributed by atoms with van der Waals surface area (Å²) in [5, 5.41) is 0. The lowest BCUT2D eigenvalue weighted by Crippen LogP contribution is -2.27. The summed E-state index contributed by atoms with van der Waals surface area (Å²) in [7, 11) is 2.18. The lowest BCUT2D eigenvalue weighted by atomic mass is 10.1. The molecule has 0 bridgehead atoms. The highest BCUT2D eigenvalue weighted by Crippen LogP contribution is 2.39. The van der Waals surface area contributed by atoms with Crippen molar-refractivity contribution in [1.82, 2.24) is 4.90 Å². The van der Waals surface area contributed by atoms with Crippen molar-refractivity contribution >= 4 is 0 Å².